The van der Waals surface area contributed by atoms with Gasteiger partial charge in [-0.3, -0.25) is 4.79 Å². The molecule has 6 nitrogen and oxygen atoms in total. The summed E-state index contributed by atoms with van der Waals surface area (Å²) in [6, 6.07) is 12.2. The molecule has 1 atom stereocenters. The summed E-state index contributed by atoms with van der Waals surface area (Å²) < 4.78 is 33.0. The van der Waals surface area contributed by atoms with Crippen molar-refractivity contribution in [3.8, 4) is 5.75 Å². The number of nitrogens with zero attached hydrogens (tertiary/aromatic N) is 2. The molecule has 0 aliphatic carbocycles. The third-order valence-corrected chi connectivity index (χ3v) is 7.67. The van der Waals surface area contributed by atoms with Gasteiger partial charge in [0.05, 0.1) is 17.6 Å². The van der Waals surface area contributed by atoms with Gasteiger partial charge >= 0.3 is 0 Å². The zero-order valence-corrected chi connectivity index (χ0v) is 17.6. The van der Waals surface area contributed by atoms with E-state index in [1.54, 1.807) is 46.6 Å². The van der Waals surface area contributed by atoms with Crippen molar-refractivity contribution in [2.45, 2.75) is 43.5 Å². The Kier molecular flexibility index (Phi) is 5.36. The summed E-state index contributed by atoms with van der Waals surface area (Å²) in [5.41, 5.74) is 2.16. The van der Waals surface area contributed by atoms with Crippen molar-refractivity contribution in [3.63, 3.8) is 0 Å². The van der Waals surface area contributed by atoms with Crippen LogP contribution in [0.25, 0.3) is 0 Å². The van der Waals surface area contributed by atoms with Crippen LogP contribution in [0.2, 0.25) is 0 Å². The van der Waals surface area contributed by atoms with E-state index in [0.29, 0.717) is 35.7 Å². The molecule has 2 aliphatic heterocycles. The zero-order chi connectivity index (χ0) is 20.6. The standard InChI is InChI=1S/C22H26N2O4S/c1-16-14-17-15-18(29(26,27)23-12-6-3-7-13-23)10-11-20(17)24(16)22(25)19-8-4-5-9-21(19)28-2/h4-5,8-11,15-16H,3,6-7,12-14H2,1-2H3/t16-/m0/s1. The van der Waals surface area contributed by atoms with E-state index in [-0.39, 0.29) is 11.9 Å². The number of sulfonamides is 1. The molecule has 2 aliphatic rings. The Labute approximate surface area is 172 Å². The second-order valence-corrected chi connectivity index (χ2v) is 9.62. The molecule has 0 saturated carbocycles. The van der Waals surface area contributed by atoms with Crippen molar-refractivity contribution in [3.05, 3.63) is 53.6 Å². The zero-order valence-electron chi connectivity index (χ0n) is 16.8. The molecule has 0 unspecified atom stereocenters. The first-order chi connectivity index (χ1) is 13.9. The molecule has 0 N–H and O–H groups in total. The first kappa shape index (κ1) is 19.9. The first-order valence-electron chi connectivity index (χ1n) is 10.0. The Morgan fingerprint density at radius 2 is 1.79 bits per heavy atom. The van der Waals surface area contributed by atoms with Crippen LogP contribution in [0.4, 0.5) is 5.69 Å². The van der Waals surface area contributed by atoms with E-state index in [1.165, 1.54) is 0 Å². The largest absolute Gasteiger partial charge is 0.496 e. The molecule has 1 amide bonds. The number of hydrogen-bond donors (Lipinski definition) is 0. The van der Waals surface area contributed by atoms with Crippen molar-refractivity contribution >= 4 is 21.6 Å². The van der Waals surface area contributed by atoms with Crippen LogP contribution in [0.3, 0.4) is 0 Å². The Morgan fingerprint density at radius 1 is 1.07 bits per heavy atom. The second kappa shape index (κ2) is 7.80. The molecule has 0 spiro atoms. The lowest BCUT2D eigenvalue weighted by molar-refractivity contribution is 0.0978. The second-order valence-electron chi connectivity index (χ2n) is 7.68. The Bertz CT molecular complexity index is 1030. The molecule has 2 aromatic carbocycles. The van der Waals surface area contributed by atoms with Gasteiger partial charge in [0.15, 0.2) is 0 Å². The Hall–Kier alpha value is -2.38. The average Bonchev–Trinajstić information content (AvgIpc) is 3.08. The number of anilines is 1. The number of methoxy groups -OCH3 is 1. The molecular formula is C22H26N2O4S. The third kappa shape index (κ3) is 3.53. The maximum Gasteiger partial charge on any atom is 0.262 e. The fraction of sp³-hybridized carbons (Fsp3) is 0.409. The van der Waals surface area contributed by atoms with Gasteiger partial charge in [-0.2, -0.15) is 4.31 Å². The maximum atomic E-state index is 13.2. The lowest BCUT2D eigenvalue weighted by Gasteiger charge is -2.26. The highest BCUT2D eigenvalue weighted by Crippen LogP contribution is 2.36. The predicted molar refractivity (Wildman–Crippen MR) is 112 cm³/mol. The summed E-state index contributed by atoms with van der Waals surface area (Å²) in [5.74, 6) is 0.391. The van der Waals surface area contributed by atoms with Crippen LogP contribution in [-0.4, -0.2) is 44.9 Å². The van der Waals surface area contributed by atoms with Crippen LogP contribution >= 0.6 is 0 Å². The molecule has 0 bridgehead atoms. The third-order valence-electron chi connectivity index (χ3n) is 5.78. The molecule has 4 rings (SSSR count). The van der Waals surface area contributed by atoms with Gasteiger partial charge < -0.3 is 9.64 Å². The number of ether oxygens (including phenoxy) is 1. The topological polar surface area (TPSA) is 66.9 Å². The van der Waals surface area contributed by atoms with Crippen LogP contribution < -0.4 is 9.64 Å². The lowest BCUT2D eigenvalue weighted by atomic mass is 10.1. The summed E-state index contributed by atoms with van der Waals surface area (Å²) in [7, 11) is -1.94. The number of fused-ring (bicyclic) bond motifs is 1. The summed E-state index contributed by atoms with van der Waals surface area (Å²) in [4.78, 5) is 15.3. The summed E-state index contributed by atoms with van der Waals surface area (Å²) in [6.07, 6.45) is 3.51. The minimum atomic E-state index is -3.49. The SMILES string of the molecule is COc1ccccc1C(=O)N1c2ccc(S(=O)(=O)N3CCCCC3)cc2C[C@@H]1C. The van der Waals surface area contributed by atoms with Gasteiger partial charge in [-0.15, -0.1) is 0 Å². The van der Waals surface area contributed by atoms with Crippen LogP contribution in [-0.2, 0) is 16.4 Å². The van der Waals surface area contributed by atoms with Gasteiger partial charge in [-0.25, -0.2) is 8.42 Å². The number of piperidine rings is 1. The predicted octanol–water partition coefficient (Wildman–Crippen LogP) is 3.46. The summed E-state index contributed by atoms with van der Waals surface area (Å²) in [6.45, 7) is 3.13. The van der Waals surface area contributed by atoms with Gasteiger partial charge in [-0.1, -0.05) is 18.6 Å². The molecule has 0 radical (unpaired) electrons. The summed E-state index contributed by atoms with van der Waals surface area (Å²) >= 11 is 0. The van der Waals surface area contributed by atoms with E-state index in [2.05, 4.69) is 0 Å². The average molecular weight is 415 g/mol. The van der Waals surface area contributed by atoms with E-state index in [0.717, 1.165) is 30.5 Å². The fourth-order valence-electron chi connectivity index (χ4n) is 4.28. The normalized spacial score (nSPS) is 19.8. The smallest absolute Gasteiger partial charge is 0.262 e. The molecule has 154 valence electrons. The minimum absolute atomic E-state index is 0.0599. The van der Waals surface area contributed by atoms with Crippen molar-refractivity contribution in [1.29, 1.82) is 0 Å². The first-order valence-corrected chi connectivity index (χ1v) is 11.5. The van der Waals surface area contributed by atoms with E-state index in [1.807, 2.05) is 19.1 Å². The van der Waals surface area contributed by atoms with Crippen molar-refractivity contribution in [1.82, 2.24) is 4.31 Å². The van der Waals surface area contributed by atoms with Crippen LogP contribution in [0, 0.1) is 0 Å². The van der Waals surface area contributed by atoms with E-state index >= 15 is 0 Å². The molecule has 7 heteroatoms. The van der Waals surface area contributed by atoms with Gasteiger partial charge in [0.2, 0.25) is 10.0 Å². The maximum absolute atomic E-state index is 13.2. The molecule has 29 heavy (non-hydrogen) atoms. The molecule has 0 aromatic heterocycles. The van der Waals surface area contributed by atoms with Gasteiger partial charge in [-0.05, 0) is 62.1 Å². The highest BCUT2D eigenvalue weighted by atomic mass is 32.2. The van der Waals surface area contributed by atoms with E-state index < -0.39 is 10.0 Å². The van der Waals surface area contributed by atoms with E-state index in [9.17, 15) is 13.2 Å². The van der Waals surface area contributed by atoms with Crippen molar-refractivity contribution in [2.75, 3.05) is 25.1 Å². The van der Waals surface area contributed by atoms with Crippen LogP contribution in [0.1, 0.15) is 42.1 Å². The molecule has 1 fully saturated rings. The molecule has 2 aromatic rings. The minimum Gasteiger partial charge on any atom is -0.496 e. The number of rotatable bonds is 4. The number of benzene rings is 2. The van der Waals surface area contributed by atoms with Crippen molar-refractivity contribution in [2.24, 2.45) is 0 Å². The fourth-order valence-corrected chi connectivity index (χ4v) is 5.85. The quantitative estimate of drug-likeness (QED) is 0.768. The summed E-state index contributed by atoms with van der Waals surface area (Å²) in [5, 5.41) is 0. The van der Waals surface area contributed by atoms with Gasteiger partial charge in [0.25, 0.3) is 5.91 Å². The molecule has 2 heterocycles. The molecule has 1 saturated heterocycles. The highest BCUT2D eigenvalue weighted by molar-refractivity contribution is 7.89. The number of hydrogen-bond acceptors (Lipinski definition) is 4. The van der Waals surface area contributed by atoms with E-state index in [4.69, 9.17) is 4.74 Å². The Balaban J connectivity index is 1.67. The monoisotopic (exact) mass is 414 g/mol. The van der Waals surface area contributed by atoms with Crippen LogP contribution in [0.5, 0.6) is 5.75 Å². The Morgan fingerprint density at radius 3 is 2.52 bits per heavy atom. The van der Waals surface area contributed by atoms with Crippen molar-refractivity contribution < 1.29 is 17.9 Å². The van der Waals surface area contributed by atoms with Crippen LogP contribution in [0.15, 0.2) is 47.4 Å². The highest BCUT2D eigenvalue weighted by Gasteiger charge is 2.34. The number of amides is 1. The lowest BCUT2D eigenvalue weighted by Crippen LogP contribution is -2.36. The number of para-hydroxylation sites is 1. The molecular weight excluding hydrogens is 388 g/mol. The van der Waals surface area contributed by atoms with Gasteiger partial charge in [0, 0.05) is 24.8 Å². The number of carbonyl (C=O) groups excluding carboxylic acids is 1. The van der Waals surface area contributed by atoms with Gasteiger partial charge in [0.1, 0.15) is 5.75 Å². The number of carbonyl (C=O) groups is 1.